The van der Waals surface area contributed by atoms with Crippen LogP contribution >= 0.6 is 0 Å². The Morgan fingerprint density at radius 3 is 2.24 bits per heavy atom. The summed E-state index contributed by atoms with van der Waals surface area (Å²) in [5.41, 5.74) is 0. The molecule has 0 bridgehead atoms. The summed E-state index contributed by atoms with van der Waals surface area (Å²) < 4.78 is 0. The highest BCUT2D eigenvalue weighted by Gasteiger charge is 2.26. The van der Waals surface area contributed by atoms with Crippen molar-refractivity contribution in [2.75, 3.05) is 0 Å². The first-order valence-electron chi connectivity index (χ1n) is 7.67. The predicted molar refractivity (Wildman–Crippen MR) is 74.1 cm³/mol. The Balaban J connectivity index is 2.17. The molecule has 0 atom stereocenters. The van der Waals surface area contributed by atoms with Crippen molar-refractivity contribution >= 4 is 5.78 Å². The van der Waals surface area contributed by atoms with Crippen molar-refractivity contribution in [3.8, 4) is 0 Å². The SMILES string of the molecule is CCCCCCC(=O)C1CCC(C(C)C)CC1. The normalized spacial score (nSPS) is 25.2. The third-order valence-electron chi connectivity index (χ3n) is 4.45. The largest absolute Gasteiger partial charge is 0.299 e. The van der Waals surface area contributed by atoms with Crippen molar-refractivity contribution in [3.05, 3.63) is 0 Å². The molecule has 0 spiro atoms. The zero-order chi connectivity index (χ0) is 12.7. The minimum Gasteiger partial charge on any atom is -0.299 e. The average Bonchev–Trinajstić information content (AvgIpc) is 2.34. The lowest BCUT2D eigenvalue weighted by Gasteiger charge is -2.30. The highest BCUT2D eigenvalue weighted by Crippen LogP contribution is 2.34. The van der Waals surface area contributed by atoms with Crippen LogP contribution in [0.5, 0.6) is 0 Å². The van der Waals surface area contributed by atoms with Crippen molar-refractivity contribution in [1.82, 2.24) is 0 Å². The lowest BCUT2D eigenvalue weighted by molar-refractivity contribution is -0.124. The van der Waals surface area contributed by atoms with Crippen LogP contribution in [0.1, 0.15) is 78.6 Å². The maximum absolute atomic E-state index is 12.0. The molecular formula is C16H30O. The molecule has 1 saturated carbocycles. The fourth-order valence-corrected chi connectivity index (χ4v) is 3.04. The summed E-state index contributed by atoms with van der Waals surface area (Å²) in [6, 6.07) is 0. The summed E-state index contributed by atoms with van der Waals surface area (Å²) in [5.74, 6) is 2.64. The van der Waals surface area contributed by atoms with Gasteiger partial charge in [0.2, 0.25) is 0 Å². The molecule has 0 amide bonds. The number of Topliss-reactive ketones (excluding diaryl/α,β-unsaturated/α-hetero) is 1. The van der Waals surface area contributed by atoms with E-state index in [4.69, 9.17) is 0 Å². The second-order valence-corrected chi connectivity index (χ2v) is 6.13. The lowest BCUT2D eigenvalue weighted by atomic mass is 9.75. The molecule has 1 nitrogen and oxygen atoms in total. The Labute approximate surface area is 107 Å². The molecule has 1 heteroatoms. The Hall–Kier alpha value is -0.330. The van der Waals surface area contributed by atoms with Crippen LogP contribution in [0, 0.1) is 17.8 Å². The minimum absolute atomic E-state index is 0.409. The quantitative estimate of drug-likeness (QED) is 0.571. The first-order valence-corrected chi connectivity index (χ1v) is 7.67. The van der Waals surface area contributed by atoms with Gasteiger partial charge in [0.05, 0.1) is 0 Å². The van der Waals surface area contributed by atoms with Gasteiger partial charge in [-0.3, -0.25) is 4.79 Å². The number of unbranched alkanes of at least 4 members (excludes halogenated alkanes) is 3. The van der Waals surface area contributed by atoms with Crippen LogP contribution in [0.15, 0.2) is 0 Å². The van der Waals surface area contributed by atoms with Gasteiger partial charge in [-0.25, -0.2) is 0 Å². The molecule has 0 N–H and O–H groups in total. The van der Waals surface area contributed by atoms with Crippen LogP contribution in [-0.4, -0.2) is 5.78 Å². The maximum Gasteiger partial charge on any atom is 0.135 e. The summed E-state index contributed by atoms with van der Waals surface area (Å²) in [7, 11) is 0. The Morgan fingerprint density at radius 1 is 1.06 bits per heavy atom. The van der Waals surface area contributed by atoms with E-state index in [0.29, 0.717) is 11.7 Å². The lowest BCUT2D eigenvalue weighted by Crippen LogP contribution is -2.24. The maximum atomic E-state index is 12.0. The van der Waals surface area contributed by atoms with Crippen molar-refractivity contribution in [3.63, 3.8) is 0 Å². The molecule has 0 aliphatic heterocycles. The zero-order valence-corrected chi connectivity index (χ0v) is 12.0. The number of carbonyl (C=O) groups excluding carboxylic acids is 1. The molecule has 1 fully saturated rings. The van der Waals surface area contributed by atoms with Crippen LogP contribution in [-0.2, 0) is 4.79 Å². The van der Waals surface area contributed by atoms with Crippen LogP contribution in [0.25, 0.3) is 0 Å². The third-order valence-corrected chi connectivity index (χ3v) is 4.45. The molecule has 17 heavy (non-hydrogen) atoms. The monoisotopic (exact) mass is 238 g/mol. The Morgan fingerprint density at radius 2 is 1.71 bits per heavy atom. The van der Waals surface area contributed by atoms with E-state index in [1.165, 1.54) is 32.1 Å². The molecular weight excluding hydrogens is 208 g/mol. The van der Waals surface area contributed by atoms with Crippen LogP contribution in [0.3, 0.4) is 0 Å². The third kappa shape index (κ3) is 5.23. The van der Waals surface area contributed by atoms with Crippen LogP contribution in [0.2, 0.25) is 0 Å². The van der Waals surface area contributed by atoms with Crippen molar-refractivity contribution in [2.24, 2.45) is 17.8 Å². The van der Waals surface area contributed by atoms with Crippen LogP contribution in [0.4, 0.5) is 0 Å². The van der Waals surface area contributed by atoms with E-state index in [1.807, 2.05) is 0 Å². The van der Waals surface area contributed by atoms with Gasteiger partial charge in [0.15, 0.2) is 0 Å². The van der Waals surface area contributed by atoms with Gasteiger partial charge in [-0.1, -0.05) is 40.0 Å². The second kappa shape index (κ2) is 7.89. The molecule has 100 valence electrons. The fourth-order valence-electron chi connectivity index (χ4n) is 3.04. The van der Waals surface area contributed by atoms with Gasteiger partial charge in [0.25, 0.3) is 0 Å². The number of rotatable bonds is 7. The van der Waals surface area contributed by atoms with Gasteiger partial charge < -0.3 is 0 Å². The number of hydrogen-bond acceptors (Lipinski definition) is 1. The van der Waals surface area contributed by atoms with E-state index in [-0.39, 0.29) is 0 Å². The minimum atomic E-state index is 0.409. The van der Waals surface area contributed by atoms with E-state index in [9.17, 15) is 4.79 Å². The predicted octanol–water partition coefficient (Wildman–Crippen LogP) is 4.99. The van der Waals surface area contributed by atoms with Crippen molar-refractivity contribution in [1.29, 1.82) is 0 Å². The number of ketones is 1. The van der Waals surface area contributed by atoms with Gasteiger partial charge in [-0.15, -0.1) is 0 Å². The fraction of sp³-hybridized carbons (Fsp3) is 0.938. The van der Waals surface area contributed by atoms with E-state index in [0.717, 1.165) is 37.5 Å². The molecule has 1 rings (SSSR count). The van der Waals surface area contributed by atoms with Gasteiger partial charge >= 0.3 is 0 Å². The summed E-state index contributed by atoms with van der Waals surface area (Å²) >= 11 is 0. The van der Waals surface area contributed by atoms with Gasteiger partial charge in [-0.2, -0.15) is 0 Å². The van der Waals surface area contributed by atoms with Crippen LogP contribution < -0.4 is 0 Å². The van der Waals surface area contributed by atoms with Gasteiger partial charge in [0.1, 0.15) is 5.78 Å². The highest BCUT2D eigenvalue weighted by atomic mass is 16.1. The molecule has 0 heterocycles. The molecule has 0 aromatic heterocycles. The highest BCUT2D eigenvalue weighted by molar-refractivity contribution is 5.81. The Kier molecular flexibility index (Phi) is 6.84. The summed E-state index contributed by atoms with van der Waals surface area (Å²) in [6.45, 7) is 6.85. The first kappa shape index (κ1) is 14.7. The summed E-state index contributed by atoms with van der Waals surface area (Å²) in [4.78, 5) is 12.0. The summed E-state index contributed by atoms with van der Waals surface area (Å²) in [5, 5.41) is 0. The van der Waals surface area contributed by atoms with E-state index in [1.54, 1.807) is 0 Å². The number of carbonyl (C=O) groups is 1. The molecule has 0 unspecified atom stereocenters. The van der Waals surface area contributed by atoms with Gasteiger partial charge in [-0.05, 0) is 43.9 Å². The molecule has 0 aromatic carbocycles. The number of hydrogen-bond donors (Lipinski definition) is 0. The molecule has 0 radical (unpaired) electrons. The van der Waals surface area contributed by atoms with Gasteiger partial charge in [0, 0.05) is 12.3 Å². The Bertz CT molecular complexity index is 212. The molecule has 0 saturated heterocycles. The average molecular weight is 238 g/mol. The smallest absolute Gasteiger partial charge is 0.135 e. The first-order chi connectivity index (χ1) is 8.15. The van der Waals surface area contributed by atoms with Crippen molar-refractivity contribution in [2.45, 2.75) is 78.6 Å². The molecule has 1 aliphatic rings. The summed E-state index contributed by atoms with van der Waals surface area (Å²) in [6.07, 6.45) is 10.6. The van der Waals surface area contributed by atoms with E-state index < -0.39 is 0 Å². The van der Waals surface area contributed by atoms with E-state index >= 15 is 0 Å². The van der Waals surface area contributed by atoms with E-state index in [2.05, 4.69) is 20.8 Å². The zero-order valence-electron chi connectivity index (χ0n) is 12.0. The molecule has 0 aromatic rings. The van der Waals surface area contributed by atoms with Crippen molar-refractivity contribution < 1.29 is 4.79 Å². The standard InChI is InChI=1S/C16H30O/c1-4-5-6-7-8-16(17)15-11-9-14(10-12-15)13(2)3/h13-15H,4-12H2,1-3H3. The topological polar surface area (TPSA) is 17.1 Å². The molecule has 1 aliphatic carbocycles. The second-order valence-electron chi connectivity index (χ2n) is 6.13.